The summed E-state index contributed by atoms with van der Waals surface area (Å²) in [5.41, 5.74) is 0. The van der Waals surface area contributed by atoms with Crippen LogP contribution in [-0.2, 0) is 0 Å². The molecule has 25 heavy (non-hydrogen) atoms. The van der Waals surface area contributed by atoms with Crippen LogP contribution in [0.5, 0.6) is 0 Å². The Labute approximate surface area is 173 Å². The molecule has 0 amide bonds. The zero-order chi connectivity index (χ0) is 16.8. The highest BCUT2D eigenvalue weighted by molar-refractivity contribution is 14.0. The third-order valence-electron chi connectivity index (χ3n) is 5.54. The summed E-state index contributed by atoms with van der Waals surface area (Å²) in [4.78, 5) is 8.57. The molecule has 3 rings (SSSR count). The minimum atomic E-state index is 0. The Morgan fingerprint density at radius 2 is 2.00 bits per heavy atom. The van der Waals surface area contributed by atoms with E-state index in [2.05, 4.69) is 45.0 Å². The van der Waals surface area contributed by atoms with Crippen LogP contribution in [-0.4, -0.2) is 49.6 Å². The van der Waals surface area contributed by atoms with Crippen molar-refractivity contribution in [2.75, 3.05) is 26.7 Å². The van der Waals surface area contributed by atoms with E-state index in [0.29, 0.717) is 12.0 Å². The number of hydrogen-bond donors (Lipinski definition) is 2. The normalized spacial score (nSPS) is 21.8. The molecule has 4 nitrogen and oxygen atoms in total. The van der Waals surface area contributed by atoms with Crippen molar-refractivity contribution in [3.05, 3.63) is 22.4 Å². The SMILES string of the molecule is CN=C(NCC(C)c1cccs1)NC1CCN(C2CCCC2)CC1.I. The molecule has 2 N–H and O–H groups in total. The van der Waals surface area contributed by atoms with E-state index >= 15 is 0 Å². The Morgan fingerprint density at radius 3 is 2.60 bits per heavy atom. The second-order valence-electron chi connectivity index (χ2n) is 7.26. The number of halogens is 1. The minimum Gasteiger partial charge on any atom is -0.356 e. The first-order valence-electron chi connectivity index (χ1n) is 9.51. The fourth-order valence-electron chi connectivity index (χ4n) is 3.99. The van der Waals surface area contributed by atoms with E-state index in [9.17, 15) is 0 Å². The van der Waals surface area contributed by atoms with Crippen LogP contribution in [0.3, 0.4) is 0 Å². The van der Waals surface area contributed by atoms with Crippen LogP contribution in [0.25, 0.3) is 0 Å². The van der Waals surface area contributed by atoms with Gasteiger partial charge in [0.05, 0.1) is 0 Å². The molecule has 0 aromatic carbocycles. The highest BCUT2D eigenvalue weighted by Crippen LogP contribution is 2.26. The van der Waals surface area contributed by atoms with Gasteiger partial charge in [-0.2, -0.15) is 0 Å². The van der Waals surface area contributed by atoms with E-state index in [-0.39, 0.29) is 24.0 Å². The van der Waals surface area contributed by atoms with Crippen molar-refractivity contribution in [3.8, 4) is 0 Å². The smallest absolute Gasteiger partial charge is 0.191 e. The Balaban J connectivity index is 0.00000225. The molecular formula is C19H33IN4S. The zero-order valence-corrected chi connectivity index (χ0v) is 18.7. The summed E-state index contributed by atoms with van der Waals surface area (Å²) >= 11 is 1.83. The molecule has 1 atom stereocenters. The van der Waals surface area contributed by atoms with Crippen LogP contribution in [0.15, 0.2) is 22.5 Å². The summed E-state index contributed by atoms with van der Waals surface area (Å²) in [6.45, 7) is 5.68. The monoisotopic (exact) mass is 476 g/mol. The molecule has 2 heterocycles. The van der Waals surface area contributed by atoms with E-state index < -0.39 is 0 Å². The predicted molar refractivity (Wildman–Crippen MR) is 119 cm³/mol. The van der Waals surface area contributed by atoms with Gasteiger partial charge < -0.3 is 15.5 Å². The first-order chi connectivity index (χ1) is 11.8. The fraction of sp³-hybridized carbons (Fsp3) is 0.737. The molecule has 2 aliphatic rings. The number of thiophene rings is 1. The predicted octanol–water partition coefficient (Wildman–Crippen LogP) is 4.04. The van der Waals surface area contributed by atoms with Crippen LogP contribution in [0.2, 0.25) is 0 Å². The molecule has 1 saturated carbocycles. The quantitative estimate of drug-likeness (QED) is 0.383. The maximum atomic E-state index is 4.42. The minimum absolute atomic E-state index is 0. The molecule has 2 fully saturated rings. The van der Waals surface area contributed by atoms with Crippen molar-refractivity contribution in [1.82, 2.24) is 15.5 Å². The summed E-state index contributed by atoms with van der Waals surface area (Å²) in [7, 11) is 1.87. The Hall–Kier alpha value is -0.340. The Bertz CT molecular complexity index is 506. The number of nitrogens with one attached hydrogen (secondary N) is 2. The van der Waals surface area contributed by atoms with Gasteiger partial charge in [-0.3, -0.25) is 4.99 Å². The largest absolute Gasteiger partial charge is 0.356 e. The molecule has 6 heteroatoms. The first kappa shape index (κ1) is 21.0. The van der Waals surface area contributed by atoms with E-state index in [1.807, 2.05) is 18.4 Å². The summed E-state index contributed by atoms with van der Waals surface area (Å²) in [5.74, 6) is 1.48. The third kappa shape index (κ3) is 6.10. The van der Waals surface area contributed by atoms with Crippen molar-refractivity contribution in [2.24, 2.45) is 4.99 Å². The van der Waals surface area contributed by atoms with Crippen molar-refractivity contribution in [1.29, 1.82) is 0 Å². The lowest BCUT2D eigenvalue weighted by Gasteiger charge is -2.36. The maximum Gasteiger partial charge on any atom is 0.191 e. The average Bonchev–Trinajstić information content (AvgIpc) is 3.32. The maximum absolute atomic E-state index is 4.42. The van der Waals surface area contributed by atoms with E-state index in [0.717, 1.165) is 18.5 Å². The fourth-order valence-corrected chi connectivity index (χ4v) is 4.78. The number of hydrogen-bond acceptors (Lipinski definition) is 3. The van der Waals surface area contributed by atoms with E-state index in [4.69, 9.17) is 0 Å². The van der Waals surface area contributed by atoms with Gasteiger partial charge in [0.1, 0.15) is 0 Å². The Morgan fingerprint density at radius 1 is 1.28 bits per heavy atom. The highest BCUT2D eigenvalue weighted by Gasteiger charge is 2.27. The number of guanidine groups is 1. The van der Waals surface area contributed by atoms with Crippen LogP contribution >= 0.6 is 35.3 Å². The molecule has 0 bridgehead atoms. The highest BCUT2D eigenvalue weighted by atomic mass is 127. The molecule has 1 aromatic rings. The van der Waals surface area contributed by atoms with Crippen LogP contribution in [0.4, 0.5) is 0 Å². The van der Waals surface area contributed by atoms with Crippen LogP contribution < -0.4 is 10.6 Å². The number of likely N-dealkylation sites (tertiary alicyclic amines) is 1. The second-order valence-corrected chi connectivity index (χ2v) is 8.24. The number of piperidine rings is 1. The number of nitrogens with zero attached hydrogens (tertiary/aromatic N) is 2. The van der Waals surface area contributed by atoms with Crippen LogP contribution in [0, 0.1) is 0 Å². The van der Waals surface area contributed by atoms with Crippen molar-refractivity contribution in [3.63, 3.8) is 0 Å². The third-order valence-corrected chi connectivity index (χ3v) is 6.64. The molecule has 1 aromatic heterocycles. The molecule has 142 valence electrons. The molecule has 0 radical (unpaired) electrons. The van der Waals surface area contributed by atoms with E-state index in [1.165, 1.54) is 56.5 Å². The summed E-state index contributed by atoms with van der Waals surface area (Å²) < 4.78 is 0. The molecule has 1 unspecified atom stereocenters. The van der Waals surface area contributed by atoms with Gasteiger partial charge in [0, 0.05) is 49.6 Å². The average molecular weight is 476 g/mol. The lowest BCUT2D eigenvalue weighted by atomic mass is 10.0. The van der Waals surface area contributed by atoms with Crippen molar-refractivity contribution in [2.45, 2.75) is 63.5 Å². The summed E-state index contributed by atoms with van der Waals surface area (Å²) in [5, 5.41) is 9.29. The lowest BCUT2D eigenvalue weighted by Crippen LogP contribution is -2.50. The Kier molecular flexibility index (Phi) is 8.99. The standard InChI is InChI=1S/C19H32N4S.HI/c1-15(18-8-5-13-24-18)14-21-19(20-2)22-16-9-11-23(12-10-16)17-6-3-4-7-17;/h5,8,13,15-17H,3-4,6-7,9-12,14H2,1-2H3,(H2,20,21,22);1H. The summed E-state index contributed by atoms with van der Waals surface area (Å²) in [6, 6.07) is 5.77. The van der Waals surface area contributed by atoms with E-state index in [1.54, 1.807) is 0 Å². The first-order valence-corrected chi connectivity index (χ1v) is 10.4. The molecular weight excluding hydrogens is 443 g/mol. The van der Waals surface area contributed by atoms with Crippen molar-refractivity contribution >= 4 is 41.3 Å². The van der Waals surface area contributed by atoms with Gasteiger partial charge in [0.15, 0.2) is 5.96 Å². The number of aliphatic imine (C=N–C) groups is 1. The van der Waals surface area contributed by atoms with Gasteiger partial charge in [-0.1, -0.05) is 25.8 Å². The molecule has 1 aliphatic heterocycles. The zero-order valence-electron chi connectivity index (χ0n) is 15.5. The summed E-state index contributed by atoms with van der Waals surface area (Å²) in [6.07, 6.45) is 8.17. The molecule has 1 aliphatic carbocycles. The van der Waals surface area contributed by atoms with Gasteiger partial charge in [-0.05, 0) is 37.1 Å². The molecule has 1 saturated heterocycles. The van der Waals surface area contributed by atoms with Gasteiger partial charge in [0.2, 0.25) is 0 Å². The second kappa shape index (κ2) is 10.7. The van der Waals surface area contributed by atoms with Gasteiger partial charge in [0.25, 0.3) is 0 Å². The van der Waals surface area contributed by atoms with Gasteiger partial charge in [-0.25, -0.2) is 0 Å². The van der Waals surface area contributed by atoms with Crippen molar-refractivity contribution < 1.29 is 0 Å². The molecule has 0 spiro atoms. The van der Waals surface area contributed by atoms with Gasteiger partial charge in [-0.15, -0.1) is 35.3 Å². The topological polar surface area (TPSA) is 39.7 Å². The lowest BCUT2D eigenvalue weighted by molar-refractivity contribution is 0.150. The number of rotatable bonds is 5. The van der Waals surface area contributed by atoms with Gasteiger partial charge >= 0.3 is 0 Å². The van der Waals surface area contributed by atoms with Crippen LogP contribution in [0.1, 0.15) is 56.2 Å².